The third kappa shape index (κ3) is 4.70. The van der Waals surface area contributed by atoms with Gasteiger partial charge in [-0.1, -0.05) is 172 Å². The zero-order valence-electron chi connectivity index (χ0n) is 38.3. The van der Waals surface area contributed by atoms with Crippen LogP contribution in [0.4, 0.5) is 34.1 Å². The highest BCUT2D eigenvalue weighted by atomic mass is 15.2. The van der Waals surface area contributed by atoms with Gasteiger partial charge in [0.2, 0.25) is 0 Å². The van der Waals surface area contributed by atoms with Crippen molar-refractivity contribution in [3.05, 3.63) is 252 Å². The monoisotopic (exact) mass is 771 g/mol. The third-order valence-electron chi connectivity index (χ3n) is 13.1. The Labute approximate surface area is 359 Å². The van der Waals surface area contributed by atoms with Crippen molar-refractivity contribution in [2.24, 2.45) is 0 Å². The van der Waals surface area contributed by atoms with Crippen LogP contribution in [0.3, 0.4) is 0 Å². The van der Waals surface area contributed by atoms with Crippen molar-refractivity contribution in [2.45, 2.75) is 24.7 Å². The summed E-state index contributed by atoms with van der Waals surface area (Å²) in [6.07, 6.45) is 0. The summed E-state index contributed by atoms with van der Waals surface area (Å²) in [7, 11) is 0. The average Bonchev–Trinajstić information content (AvgIpc) is 3.91. The van der Waals surface area contributed by atoms with E-state index in [0.717, 1.165) is 67.3 Å². The molecule has 1 unspecified atom stereocenters. The Hall–Kier alpha value is -7.42. The number of hydrogen-bond acceptors (Lipinski definition) is 2. The fraction of sp³-hybridized carbons (Fsp3) is 0.0690. The maximum atomic E-state index is 9.35. The standard InChI is InChI=1S/C58H42N2/c1-57(2)48-30-15-12-26-43(48)45-37-36-42(38-52(45)57)60(41-24-10-5-11-25-41)53-34-19-33-51-55(53)47-28-14-17-32-50(47)58(51)49-31-16-13-27-44(49)46-29-18-35-54(56(46)58)59(39-20-6-3-7-21-39)40-22-8-4-9-23-40/h3-38H,1-2H3/i3D,6D,7D,20D,21D. The van der Waals surface area contributed by atoms with Crippen LogP contribution in [0.15, 0.2) is 218 Å². The van der Waals surface area contributed by atoms with Crippen molar-refractivity contribution in [3.8, 4) is 33.4 Å². The molecule has 0 aliphatic heterocycles. The Morgan fingerprint density at radius 2 is 0.867 bits per heavy atom. The normalized spacial score (nSPS) is 16.9. The Kier molecular flexibility index (Phi) is 6.47. The smallest absolute Gasteiger partial charge is 0.0746 e. The van der Waals surface area contributed by atoms with Crippen LogP contribution in [-0.2, 0) is 10.8 Å². The molecule has 9 aromatic rings. The van der Waals surface area contributed by atoms with E-state index < -0.39 is 11.5 Å². The number of benzene rings is 9. The molecule has 3 aliphatic carbocycles. The molecule has 0 heterocycles. The van der Waals surface area contributed by atoms with Gasteiger partial charge in [0.25, 0.3) is 0 Å². The molecule has 284 valence electrons. The molecule has 2 nitrogen and oxygen atoms in total. The van der Waals surface area contributed by atoms with E-state index in [4.69, 9.17) is 4.11 Å². The first-order chi connectivity index (χ1) is 31.6. The number of fused-ring (bicyclic) bond motifs is 13. The lowest BCUT2D eigenvalue weighted by molar-refractivity contribution is 0.660. The summed E-state index contributed by atoms with van der Waals surface area (Å²) in [6.45, 7) is 4.65. The second-order valence-corrected chi connectivity index (χ2v) is 16.5. The molecule has 3 aliphatic rings. The molecule has 0 saturated heterocycles. The van der Waals surface area contributed by atoms with Crippen LogP contribution in [-0.4, -0.2) is 0 Å². The maximum Gasteiger partial charge on any atom is 0.0746 e. The zero-order valence-corrected chi connectivity index (χ0v) is 33.3. The van der Waals surface area contributed by atoms with E-state index in [2.05, 4.69) is 164 Å². The molecule has 0 N–H and O–H groups in total. The predicted octanol–water partition coefficient (Wildman–Crippen LogP) is 15.3. The van der Waals surface area contributed by atoms with Crippen molar-refractivity contribution < 1.29 is 6.85 Å². The summed E-state index contributed by atoms with van der Waals surface area (Å²) in [5.41, 5.74) is 17.4. The van der Waals surface area contributed by atoms with E-state index in [1.165, 1.54) is 22.3 Å². The van der Waals surface area contributed by atoms with Gasteiger partial charge in [-0.25, -0.2) is 0 Å². The molecule has 0 bridgehead atoms. The van der Waals surface area contributed by atoms with Crippen molar-refractivity contribution in [1.82, 2.24) is 0 Å². The zero-order chi connectivity index (χ0) is 44.4. The first kappa shape index (κ1) is 29.7. The third-order valence-corrected chi connectivity index (χ3v) is 13.1. The van der Waals surface area contributed by atoms with Crippen LogP contribution >= 0.6 is 0 Å². The number of rotatable bonds is 6. The van der Waals surface area contributed by atoms with E-state index in [9.17, 15) is 2.74 Å². The summed E-state index contributed by atoms with van der Waals surface area (Å²) in [5.74, 6) is 0. The minimum absolute atomic E-state index is 0.0962. The van der Waals surface area contributed by atoms with Crippen molar-refractivity contribution in [2.75, 3.05) is 9.80 Å². The van der Waals surface area contributed by atoms with Gasteiger partial charge in [0.05, 0.1) is 23.6 Å². The van der Waals surface area contributed by atoms with Crippen LogP contribution < -0.4 is 9.80 Å². The molecular weight excluding hydrogens is 725 g/mol. The quantitative estimate of drug-likeness (QED) is 0.166. The molecule has 2 heteroatoms. The molecule has 9 aromatic carbocycles. The SMILES string of the molecule is [2H]c1c([2H])c([2H])c(N(c2ccccc2)c2cccc3c2C2(c4ccccc4-3)c3ccccc3-c3c(N(c4ccccc4)c4ccc5c(c4)C(C)(C)c4ccccc4-5)cccc32)c([2H])c1[2H]. The van der Waals surface area contributed by atoms with Gasteiger partial charge >= 0.3 is 0 Å². The number of para-hydroxylation sites is 3. The minimum Gasteiger partial charge on any atom is -0.310 e. The van der Waals surface area contributed by atoms with Gasteiger partial charge in [0, 0.05) is 39.3 Å². The van der Waals surface area contributed by atoms with Crippen LogP contribution in [0.1, 0.15) is 54.1 Å². The average molecular weight is 772 g/mol. The fourth-order valence-corrected chi connectivity index (χ4v) is 10.7. The summed E-state index contributed by atoms with van der Waals surface area (Å²) >= 11 is 0. The van der Waals surface area contributed by atoms with Gasteiger partial charge in [0.15, 0.2) is 0 Å². The molecular formula is C58H42N2. The second-order valence-electron chi connectivity index (χ2n) is 16.5. The maximum absolute atomic E-state index is 9.35. The highest BCUT2D eigenvalue weighted by Gasteiger charge is 2.54. The second kappa shape index (κ2) is 13.0. The van der Waals surface area contributed by atoms with Gasteiger partial charge in [-0.15, -0.1) is 0 Å². The first-order valence-electron chi connectivity index (χ1n) is 23.1. The predicted molar refractivity (Wildman–Crippen MR) is 250 cm³/mol. The lowest BCUT2D eigenvalue weighted by atomic mass is 9.70. The van der Waals surface area contributed by atoms with E-state index >= 15 is 0 Å². The van der Waals surface area contributed by atoms with E-state index in [1.54, 1.807) is 0 Å². The molecule has 0 fully saturated rings. The van der Waals surface area contributed by atoms with Crippen molar-refractivity contribution in [1.29, 1.82) is 0 Å². The first-order valence-corrected chi connectivity index (χ1v) is 20.6. The summed E-state index contributed by atoms with van der Waals surface area (Å²) in [6, 6.07) is 64.5. The number of nitrogens with zero attached hydrogens (tertiary/aromatic N) is 2. The van der Waals surface area contributed by atoms with Gasteiger partial charge in [-0.2, -0.15) is 0 Å². The van der Waals surface area contributed by atoms with E-state index in [1.807, 2.05) is 47.4 Å². The van der Waals surface area contributed by atoms with E-state index in [0.29, 0.717) is 5.69 Å². The molecule has 1 atom stereocenters. The lowest BCUT2D eigenvalue weighted by Crippen LogP contribution is -2.28. The summed E-state index contributed by atoms with van der Waals surface area (Å²) in [5, 5.41) is 0. The van der Waals surface area contributed by atoms with Gasteiger partial charge in [0.1, 0.15) is 0 Å². The van der Waals surface area contributed by atoms with Crippen LogP contribution in [0.25, 0.3) is 33.4 Å². The summed E-state index contributed by atoms with van der Waals surface area (Å²) in [4.78, 5) is 4.29. The number of anilines is 6. The lowest BCUT2D eigenvalue weighted by Gasteiger charge is -2.36. The highest BCUT2D eigenvalue weighted by Crippen LogP contribution is 2.67. The molecule has 1 spiro atoms. The van der Waals surface area contributed by atoms with Crippen molar-refractivity contribution in [3.63, 3.8) is 0 Å². The van der Waals surface area contributed by atoms with E-state index in [-0.39, 0.29) is 35.3 Å². The molecule has 0 amide bonds. The molecule has 0 saturated carbocycles. The summed E-state index contributed by atoms with van der Waals surface area (Å²) < 4.78 is 44.9. The van der Waals surface area contributed by atoms with Crippen molar-refractivity contribution >= 4 is 34.1 Å². The molecule has 60 heavy (non-hydrogen) atoms. The van der Waals surface area contributed by atoms with Gasteiger partial charge in [-0.05, 0) is 116 Å². The molecule has 0 radical (unpaired) electrons. The topological polar surface area (TPSA) is 6.48 Å². The Balaban J connectivity index is 1.17. The van der Waals surface area contributed by atoms with Gasteiger partial charge < -0.3 is 9.80 Å². The molecule has 0 aromatic heterocycles. The Bertz CT molecular complexity index is 3410. The Morgan fingerprint density at radius 3 is 1.57 bits per heavy atom. The minimum atomic E-state index is -0.866. The van der Waals surface area contributed by atoms with Gasteiger partial charge in [-0.3, -0.25) is 0 Å². The highest BCUT2D eigenvalue weighted by molar-refractivity contribution is 6.03. The number of hydrogen-bond donors (Lipinski definition) is 0. The van der Waals surface area contributed by atoms with Crippen LogP contribution in [0.5, 0.6) is 0 Å². The largest absolute Gasteiger partial charge is 0.310 e. The van der Waals surface area contributed by atoms with Crippen LogP contribution in [0, 0.1) is 0 Å². The molecule has 12 rings (SSSR count). The van der Waals surface area contributed by atoms with Crippen LogP contribution in [0.2, 0.25) is 0 Å². The Morgan fingerprint density at radius 1 is 0.367 bits per heavy atom. The fourth-order valence-electron chi connectivity index (χ4n) is 10.7.